The number of aromatic nitrogens is 3. The van der Waals surface area contributed by atoms with Crippen LogP contribution in [-0.4, -0.2) is 27.8 Å². The van der Waals surface area contributed by atoms with Crippen molar-refractivity contribution >= 4 is 17.7 Å². The number of furan rings is 1. The molecule has 2 heterocycles. The Labute approximate surface area is 185 Å². The van der Waals surface area contributed by atoms with Crippen LogP contribution in [0.4, 0.5) is 13.2 Å². The monoisotopic (exact) mass is 459 g/mol. The molecule has 0 fully saturated rings. The number of thioether (sulfide) groups is 1. The van der Waals surface area contributed by atoms with Gasteiger partial charge in [-0.1, -0.05) is 36.0 Å². The number of methoxy groups -OCH3 is 1. The second-order valence-electron chi connectivity index (χ2n) is 6.60. The number of halogens is 3. The number of ether oxygens (including phenoxy) is 1. The van der Waals surface area contributed by atoms with E-state index in [4.69, 9.17) is 9.15 Å². The van der Waals surface area contributed by atoms with Gasteiger partial charge >= 0.3 is 12.1 Å². The number of hydrogen-bond donors (Lipinski definition) is 0. The lowest BCUT2D eigenvalue weighted by Gasteiger charge is -2.13. The molecule has 4 rings (SSSR count). The molecule has 0 bridgehead atoms. The van der Waals surface area contributed by atoms with Gasteiger partial charge in [-0.2, -0.15) is 13.2 Å². The van der Waals surface area contributed by atoms with Gasteiger partial charge in [0.15, 0.2) is 10.9 Å². The molecule has 0 radical (unpaired) electrons. The molecular formula is C22H16F3N3O3S. The first-order chi connectivity index (χ1) is 15.4. The second kappa shape index (κ2) is 8.91. The van der Waals surface area contributed by atoms with Crippen LogP contribution in [0.15, 0.2) is 76.5 Å². The van der Waals surface area contributed by atoms with Crippen LogP contribution in [0.25, 0.3) is 17.3 Å². The molecule has 2 aromatic carbocycles. The largest absolute Gasteiger partial charge is 0.465 e. The molecular weight excluding hydrogens is 443 g/mol. The number of esters is 1. The van der Waals surface area contributed by atoms with Crippen LogP contribution in [0.2, 0.25) is 0 Å². The van der Waals surface area contributed by atoms with Crippen LogP contribution < -0.4 is 0 Å². The van der Waals surface area contributed by atoms with Crippen molar-refractivity contribution in [1.82, 2.24) is 14.8 Å². The van der Waals surface area contributed by atoms with E-state index < -0.39 is 17.7 Å². The molecule has 0 N–H and O–H groups in total. The zero-order chi connectivity index (χ0) is 22.7. The highest BCUT2D eigenvalue weighted by Gasteiger charge is 2.31. The molecule has 0 atom stereocenters. The molecule has 0 aliphatic rings. The zero-order valence-electron chi connectivity index (χ0n) is 16.7. The summed E-state index contributed by atoms with van der Waals surface area (Å²) in [5, 5.41) is 8.65. The molecule has 0 unspecified atom stereocenters. The number of nitrogens with zero attached hydrogens (tertiary/aromatic N) is 3. The quantitative estimate of drug-likeness (QED) is 0.275. The number of benzene rings is 2. The molecule has 0 aliphatic heterocycles. The van der Waals surface area contributed by atoms with E-state index in [0.29, 0.717) is 27.8 Å². The minimum atomic E-state index is -4.50. The Morgan fingerprint density at radius 2 is 1.91 bits per heavy atom. The summed E-state index contributed by atoms with van der Waals surface area (Å²) in [5.41, 5.74) is 0.544. The lowest BCUT2D eigenvalue weighted by atomic mass is 10.1. The van der Waals surface area contributed by atoms with Crippen molar-refractivity contribution < 1.29 is 27.1 Å². The van der Waals surface area contributed by atoms with E-state index in [9.17, 15) is 18.0 Å². The van der Waals surface area contributed by atoms with Gasteiger partial charge in [-0.3, -0.25) is 4.57 Å². The smallest absolute Gasteiger partial charge is 0.416 e. The van der Waals surface area contributed by atoms with E-state index >= 15 is 0 Å². The third kappa shape index (κ3) is 4.40. The summed E-state index contributed by atoms with van der Waals surface area (Å²) in [4.78, 5) is 12.0. The molecule has 6 nitrogen and oxygen atoms in total. The molecule has 0 spiro atoms. The summed E-state index contributed by atoms with van der Waals surface area (Å²) in [7, 11) is 1.30. The average Bonchev–Trinajstić information content (AvgIpc) is 3.46. The maximum Gasteiger partial charge on any atom is 0.416 e. The number of alkyl halides is 3. The molecule has 32 heavy (non-hydrogen) atoms. The highest BCUT2D eigenvalue weighted by molar-refractivity contribution is 7.98. The van der Waals surface area contributed by atoms with Crippen molar-refractivity contribution in [2.45, 2.75) is 17.1 Å². The van der Waals surface area contributed by atoms with E-state index in [1.165, 1.54) is 41.8 Å². The standard InChI is InChI=1S/C22H16F3N3O3S/c1-30-20(29)17-9-3-2-6-14(17)13-32-21-27-26-19(18-10-5-11-31-18)28(21)16-8-4-7-15(12-16)22(23,24)25/h2-12H,13H2,1H3. The maximum atomic E-state index is 13.3. The summed E-state index contributed by atoms with van der Waals surface area (Å²) in [6.45, 7) is 0. The summed E-state index contributed by atoms with van der Waals surface area (Å²) < 4.78 is 51.6. The van der Waals surface area contributed by atoms with Crippen molar-refractivity contribution in [3.05, 3.63) is 83.6 Å². The number of hydrogen-bond acceptors (Lipinski definition) is 6. The van der Waals surface area contributed by atoms with Crippen LogP contribution in [0, 0.1) is 0 Å². The Balaban J connectivity index is 1.75. The molecule has 0 aliphatic carbocycles. The highest BCUT2D eigenvalue weighted by atomic mass is 32.2. The van der Waals surface area contributed by atoms with Gasteiger partial charge in [0.1, 0.15) is 0 Å². The van der Waals surface area contributed by atoms with E-state index in [2.05, 4.69) is 10.2 Å². The van der Waals surface area contributed by atoms with E-state index in [1.54, 1.807) is 36.4 Å². The number of carbonyl (C=O) groups is 1. The topological polar surface area (TPSA) is 70.2 Å². The summed E-state index contributed by atoms with van der Waals surface area (Å²) in [6, 6.07) is 15.1. The van der Waals surface area contributed by atoms with E-state index in [0.717, 1.165) is 12.1 Å². The lowest BCUT2D eigenvalue weighted by molar-refractivity contribution is -0.137. The fourth-order valence-electron chi connectivity index (χ4n) is 3.08. The predicted molar refractivity (Wildman–Crippen MR) is 111 cm³/mol. The van der Waals surface area contributed by atoms with Gasteiger partial charge in [-0.25, -0.2) is 4.79 Å². The third-order valence-corrected chi connectivity index (χ3v) is 5.56. The fourth-order valence-corrected chi connectivity index (χ4v) is 4.04. The van der Waals surface area contributed by atoms with Gasteiger partial charge in [0.25, 0.3) is 0 Å². The Morgan fingerprint density at radius 3 is 2.62 bits per heavy atom. The van der Waals surface area contributed by atoms with Gasteiger partial charge < -0.3 is 9.15 Å². The van der Waals surface area contributed by atoms with Gasteiger partial charge in [0.05, 0.1) is 30.2 Å². The molecule has 0 saturated carbocycles. The number of carbonyl (C=O) groups excluding carboxylic acids is 1. The first-order valence-electron chi connectivity index (χ1n) is 9.34. The Bertz CT molecular complexity index is 1240. The van der Waals surface area contributed by atoms with Crippen LogP contribution >= 0.6 is 11.8 Å². The molecule has 164 valence electrons. The summed E-state index contributed by atoms with van der Waals surface area (Å²) in [5.74, 6) is 0.465. The zero-order valence-corrected chi connectivity index (χ0v) is 17.5. The molecule has 0 amide bonds. The molecule has 0 saturated heterocycles. The molecule has 4 aromatic rings. The highest BCUT2D eigenvalue weighted by Crippen LogP contribution is 2.34. The van der Waals surface area contributed by atoms with Gasteiger partial charge in [-0.05, 0) is 42.0 Å². The minimum absolute atomic E-state index is 0.236. The van der Waals surface area contributed by atoms with Crippen molar-refractivity contribution in [3.8, 4) is 17.3 Å². The van der Waals surface area contributed by atoms with E-state index in [-0.39, 0.29) is 11.5 Å². The van der Waals surface area contributed by atoms with Crippen LogP contribution in [0.5, 0.6) is 0 Å². The van der Waals surface area contributed by atoms with Crippen LogP contribution in [0.1, 0.15) is 21.5 Å². The van der Waals surface area contributed by atoms with Gasteiger partial charge in [0, 0.05) is 5.75 Å². The first-order valence-corrected chi connectivity index (χ1v) is 10.3. The number of rotatable bonds is 6. The van der Waals surface area contributed by atoms with E-state index in [1.807, 2.05) is 0 Å². The van der Waals surface area contributed by atoms with Gasteiger partial charge in [0.2, 0.25) is 5.82 Å². The van der Waals surface area contributed by atoms with Crippen molar-refractivity contribution in [1.29, 1.82) is 0 Å². The Hall–Kier alpha value is -3.53. The third-order valence-electron chi connectivity index (χ3n) is 4.59. The normalized spacial score (nSPS) is 11.5. The van der Waals surface area contributed by atoms with Crippen molar-refractivity contribution in [2.75, 3.05) is 7.11 Å². The Kier molecular flexibility index (Phi) is 6.04. The summed E-state index contributed by atoms with van der Waals surface area (Å²) in [6.07, 6.45) is -3.05. The average molecular weight is 459 g/mol. The summed E-state index contributed by atoms with van der Waals surface area (Å²) >= 11 is 1.23. The predicted octanol–water partition coefficient (Wildman–Crippen LogP) is 5.63. The molecule has 2 aromatic heterocycles. The first kappa shape index (κ1) is 21.7. The van der Waals surface area contributed by atoms with Crippen LogP contribution in [0.3, 0.4) is 0 Å². The van der Waals surface area contributed by atoms with Crippen molar-refractivity contribution in [2.24, 2.45) is 0 Å². The Morgan fingerprint density at radius 1 is 1.09 bits per heavy atom. The van der Waals surface area contributed by atoms with Gasteiger partial charge in [-0.15, -0.1) is 10.2 Å². The fraction of sp³-hybridized carbons (Fsp3) is 0.136. The lowest BCUT2D eigenvalue weighted by Crippen LogP contribution is -2.07. The maximum absolute atomic E-state index is 13.3. The minimum Gasteiger partial charge on any atom is -0.465 e. The molecule has 10 heteroatoms. The SMILES string of the molecule is COC(=O)c1ccccc1CSc1nnc(-c2ccco2)n1-c1cccc(C(F)(F)F)c1. The second-order valence-corrected chi connectivity index (χ2v) is 7.55. The van der Waals surface area contributed by atoms with Crippen molar-refractivity contribution in [3.63, 3.8) is 0 Å². The van der Waals surface area contributed by atoms with Crippen LogP contribution in [-0.2, 0) is 16.7 Å².